The van der Waals surface area contributed by atoms with Crippen LogP contribution < -0.4 is 15.4 Å². The van der Waals surface area contributed by atoms with E-state index >= 15 is 0 Å². The number of ether oxygens (including phenoxy) is 1. The van der Waals surface area contributed by atoms with E-state index in [9.17, 15) is 4.79 Å². The lowest BCUT2D eigenvalue weighted by Crippen LogP contribution is -2.45. The Balaban J connectivity index is 1.76. The van der Waals surface area contributed by atoms with Crippen LogP contribution in [0, 0.1) is 0 Å². The van der Waals surface area contributed by atoms with Crippen molar-refractivity contribution in [3.05, 3.63) is 30.3 Å². The number of hydrogen-bond acceptors (Lipinski definition) is 3. The van der Waals surface area contributed by atoms with E-state index in [1.807, 2.05) is 30.3 Å². The van der Waals surface area contributed by atoms with Crippen molar-refractivity contribution in [1.82, 2.24) is 15.5 Å². The van der Waals surface area contributed by atoms with Gasteiger partial charge < -0.3 is 20.3 Å². The number of para-hydroxylation sites is 1. The first-order chi connectivity index (χ1) is 12.6. The highest BCUT2D eigenvalue weighted by Gasteiger charge is 2.15. The number of likely N-dealkylation sites (N-methyl/N-ethyl adjacent to an activating group) is 1. The molecule has 26 heavy (non-hydrogen) atoms. The van der Waals surface area contributed by atoms with Crippen molar-refractivity contribution in [1.29, 1.82) is 0 Å². The fourth-order valence-corrected chi connectivity index (χ4v) is 2.87. The number of nitrogens with zero attached hydrogens (tertiary/aromatic N) is 2. The van der Waals surface area contributed by atoms with E-state index in [2.05, 4.69) is 15.6 Å². The van der Waals surface area contributed by atoms with Crippen molar-refractivity contribution in [2.24, 2.45) is 4.99 Å². The van der Waals surface area contributed by atoms with Crippen molar-refractivity contribution in [2.75, 3.05) is 33.8 Å². The van der Waals surface area contributed by atoms with Crippen molar-refractivity contribution >= 4 is 11.9 Å². The van der Waals surface area contributed by atoms with Crippen LogP contribution in [0.25, 0.3) is 0 Å². The molecule has 1 aromatic carbocycles. The number of carbonyl (C=O) groups excluding carboxylic acids is 1. The molecule has 1 amide bonds. The second-order valence-electron chi connectivity index (χ2n) is 6.87. The second kappa shape index (κ2) is 11.4. The summed E-state index contributed by atoms with van der Waals surface area (Å²) in [6.45, 7) is 1.56. The van der Waals surface area contributed by atoms with Crippen molar-refractivity contribution in [3.8, 4) is 5.75 Å². The van der Waals surface area contributed by atoms with Gasteiger partial charge >= 0.3 is 0 Å². The lowest BCUT2D eigenvalue weighted by Gasteiger charge is -2.25. The molecule has 6 nitrogen and oxygen atoms in total. The number of amides is 1. The summed E-state index contributed by atoms with van der Waals surface area (Å²) in [6, 6.07) is 10.3. The summed E-state index contributed by atoms with van der Waals surface area (Å²) in [6.07, 6.45) is 7.02. The Hall–Kier alpha value is -2.24. The molecular formula is C20H32N4O2. The van der Waals surface area contributed by atoms with Crippen LogP contribution in [0.15, 0.2) is 35.3 Å². The topological polar surface area (TPSA) is 66.0 Å². The summed E-state index contributed by atoms with van der Waals surface area (Å²) in [5.41, 5.74) is 0. The van der Waals surface area contributed by atoms with Gasteiger partial charge in [0, 0.05) is 26.7 Å². The smallest absolute Gasteiger partial charge is 0.243 e. The first kappa shape index (κ1) is 20.1. The fourth-order valence-electron chi connectivity index (χ4n) is 2.87. The zero-order valence-electron chi connectivity index (χ0n) is 16.0. The third-order valence-electron chi connectivity index (χ3n) is 4.44. The Morgan fingerprint density at radius 1 is 1.19 bits per heavy atom. The molecule has 0 bridgehead atoms. The van der Waals surface area contributed by atoms with Gasteiger partial charge in [-0.15, -0.1) is 0 Å². The number of aliphatic imine (C=N–C) groups is 1. The largest absolute Gasteiger partial charge is 0.494 e. The van der Waals surface area contributed by atoms with Crippen LogP contribution in [-0.2, 0) is 4.79 Å². The number of carbonyl (C=O) groups is 1. The molecule has 0 radical (unpaired) electrons. The van der Waals surface area contributed by atoms with Gasteiger partial charge in [0.25, 0.3) is 0 Å². The lowest BCUT2D eigenvalue weighted by molar-refractivity contribution is -0.127. The van der Waals surface area contributed by atoms with Gasteiger partial charge in [0.15, 0.2) is 5.96 Å². The molecule has 2 N–H and O–H groups in total. The van der Waals surface area contributed by atoms with Gasteiger partial charge in [-0.25, -0.2) is 4.99 Å². The van der Waals surface area contributed by atoms with Gasteiger partial charge in [0.2, 0.25) is 5.91 Å². The first-order valence-electron chi connectivity index (χ1n) is 9.58. The molecule has 0 heterocycles. The molecule has 0 aromatic heterocycles. The molecule has 0 unspecified atom stereocenters. The summed E-state index contributed by atoms with van der Waals surface area (Å²) in [5, 5.41) is 6.82. The third kappa shape index (κ3) is 7.76. The van der Waals surface area contributed by atoms with Crippen LogP contribution in [0.4, 0.5) is 0 Å². The van der Waals surface area contributed by atoms with Crippen LogP contribution in [0.1, 0.15) is 38.5 Å². The Labute approximate surface area is 157 Å². The monoisotopic (exact) mass is 360 g/mol. The van der Waals surface area contributed by atoms with E-state index in [1.165, 1.54) is 32.1 Å². The Bertz CT molecular complexity index is 554. The van der Waals surface area contributed by atoms with Crippen LogP contribution in [-0.4, -0.2) is 56.6 Å². The summed E-state index contributed by atoms with van der Waals surface area (Å²) < 4.78 is 5.71. The van der Waals surface area contributed by atoms with Gasteiger partial charge in [-0.2, -0.15) is 0 Å². The van der Waals surface area contributed by atoms with Crippen LogP contribution in [0.3, 0.4) is 0 Å². The Morgan fingerprint density at radius 3 is 2.62 bits per heavy atom. The number of hydrogen-bond donors (Lipinski definition) is 2. The zero-order chi connectivity index (χ0) is 18.6. The molecule has 1 aromatic rings. The predicted molar refractivity (Wildman–Crippen MR) is 106 cm³/mol. The average molecular weight is 361 g/mol. The van der Waals surface area contributed by atoms with Gasteiger partial charge in [-0.05, 0) is 31.4 Å². The molecule has 1 fully saturated rings. The molecular weight excluding hydrogens is 328 g/mol. The molecule has 0 saturated heterocycles. The lowest BCUT2D eigenvalue weighted by atomic mass is 9.96. The fraction of sp³-hybridized carbons (Fsp3) is 0.600. The van der Waals surface area contributed by atoms with E-state index in [1.54, 1.807) is 19.0 Å². The summed E-state index contributed by atoms with van der Waals surface area (Å²) in [5.74, 6) is 1.62. The minimum atomic E-state index is 0.00200. The maximum Gasteiger partial charge on any atom is 0.243 e. The summed E-state index contributed by atoms with van der Waals surface area (Å²) >= 11 is 0. The molecule has 0 spiro atoms. The second-order valence-corrected chi connectivity index (χ2v) is 6.87. The molecule has 2 rings (SSSR count). The van der Waals surface area contributed by atoms with E-state index in [0.717, 1.165) is 24.7 Å². The average Bonchev–Trinajstić information content (AvgIpc) is 2.67. The summed E-state index contributed by atoms with van der Waals surface area (Å²) in [4.78, 5) is 17.8. The zero-order valence-corrected chi connectivity index (χ0v) is 16.0. The number of benzene rings is 1. The van der Waals surface area contributed by atoms with Crippen molar-refractivity contribution < 1.29 is 9.53 Å². The highest BCUT2D eigenvalue weighted by molar-refractivity contribution is 5.84. The van der Waals surface area contributed by atoms with Gasteiger partial charge in [0.05, 0.1) is 6.61 Å². The van der Waals surface area contributed by atoms with Crippen molar-refractivity contribution in [2.45, 2.75) is 44.6 Å². The summed E-state index contributed by atoms with van der Waals surface area (Å²) in [7, 11) is 3.50. The highest BCUT2D eigenvalue weighted by Crippen LogP contribution is 2.17. The number of guanidine groups is 1. The molecule has 1 saturated carbocycles. The van der Waals surface area contributed by atoms with Crippen LogP contribution in [0.5, 0.6) is 5.75 Å². The highest BCUT2D eigenvalue weighted by atomic mass is 16.5. The molecule has 0 aliphatic heterocycles. The normalized spacial score (nSPS) is 15.4. The van der Waals surface area contributed by atoms with Crippen LogP contribution >= 0.6 is 0 Å². The Kier molecular flexibility index (Phi) is 8.79. The molecule has 1 aliphatic rings. The molecule has 1 aliphatic carbocycles. The van der Waals surface area contributed by atoms with Crippen molar-refractivity contribution in [3.63, 3.8) is 0 Å². The molecule has 6 heteroatoms. The number of rotatable bonds is 8. The number of nitrogens with one attached hydrogen (secondary N) is 2. The quantitative estimate of drug-likeness (QED) is 0.424. The SMILES string of the molecule is CN(C)C(=O)CN=C(NCCCOc1ccccc1)NC1CCCCC1. The minimum Gasteiger partial charge on any atom is -0.494 e. The van der Waals surface area contributed by atoms with Gasteiger partial charge in [0.1, 0.15) is 12.3 Å². The Morgan fingerprint density at radius 2 is 1.92 bits per heavy atom. The van der Waals surface area contributed by atoms with Gasteiger partial charge in [-0.1, -0.05) is 37.5 Å². The maximum atomic E-state index is 11.8. The van der Waals surface area contributed by atoms with E-state index in [0.29, 0.717) is 12.6 Å². The molecule has 144 valence electrons. The standard InChI is InChI=1S/C20H32N4O2/c1-24(2)19(25)16-22-20(23-17-10-5-3-6-11-17)21-14-9-15-26-18-12-7-4-8-13-18/h4,7-8,12-13,17H,3,5-6,9-11,14-16H2,1-2H3,(H2,21,22,23). The first-order valence-corrected chi connectivity index (χ1v) is 9.58. The minimum absolute atomic E-state index is 0.00200. The van der Waals surface area contributed by atoms with Gasteiger partial charge in [-0.3, -0.25) is 4.79 Å². The van der Waals surface area contributed by atoms with E-state index in [-0.39, 0.29) is 12.5 Å². The molecule has 0 atom stereocenters. The predicted octanol–water partition coefficient (Wildman–Crippen LogP) is 2.41. The van der Waals surface area contributed by atoms with Crippen LogP contribution in [0.2, 0.25) is 0 Å². The third-order valence-corrected chi connectivity index (χ3v) is 4.44. The van der Waals surface area contributed by atoms with E-state index < -0.39 is 0 Å². The van der Waals surface area contributed by atoms with E-state index in [4.69, 9.17) is 4.74 Å². The maximum absolute atomic E-state index is 11.8.